The molecule has 0 aromatic carbocycles. The van der Waals surface area contributed by atoms with Crippen LogP contribution in [-0.2, 0) is 4.74 Å². The zero-order valence-electron chi connectivity index (χ0n) is 10.3. The average molecular weight is 223 g/mol. The van der Waals surface area contributed by atoms with Gasteiger partial charge in [-0.05, 0) is 38.5 Å². The number of hydrogen-bond donors (Lipinski definition) is 1. The Hall–Kier alpha value is -0.0800. The van der Waals surface area contributed by atoms with E-state index in [0.29, 0.717) is 6.10 Å². The number of rotatable bonds is 2. The molecule has 2 heteroatoms. The maximum atomic E-state index is 5.84. The topological polar surface area (TPSA) is 21.3 Å². The van der Waals surface area contributed by atoms with Gasteiger partial charge in [0.25, 0.3) is 0 Å². The number of nitrogens with one attached hydrogen (secondary N) is 1. The molecular weight excluding hydrogens is 198 g/mol. The van der Waals surface area contributed by atoms with Crippen LogP contribution in [0.15, 0.2) is 0 Å². The van der Waals surface area contributed by atoms with Crippen molar-refractivity contribution in [1.29, 1.82) is 0 Å². The van der Waals surface area contributed by atoms with Gasteiger partial charge in [0.15, 0.2) is 0 Å². The molecule has 1 N–H and O–H groups in total. The minimum absolute atomic E-state index is 0.592. The summed E-state index contributed by atoms with van der Waals surface area (Å²) in [6.07, 6.45) is 13.1. The van der Waals surface area contributed by atoms with E-state index in [9.17, 15) is 0 Å². The Morgan fingerprint density at radius 1 is 0.812 bits per heavy atom. The molecule has 3 rings (SSSR count). The van der Waals surface area contributed by atoms with Crippen LogP contribution in [0.3, 0.4) is 0 Å². The first-order chi connectivity index (χ1) is 7.93. The van der Waals surface area contributed by atoms with E-state index in [-0.39, 0.29) is 0 Å². The molecule has 3 aliphatic rings. The normalized spacial score (nSPS) is 40.9. The predicted octanol–water partition coefficient (Wildman–Crippen LogP) is 2.87. The van der Waals surface area contributed by atoms with Crippen molar-refractivity contribution in [3.63, 3.8) is 0 Å². The average Bonchev–Trinajstić information content (AvgIpc) is 2.80. The van der Waals surface area contributed by atoms with Crippen LogP contribution in [0.4, 0.5) is 0 Å². The molecule has 0 unspecified atom stereocenters. The fourth-order valence-electron chi connectivity index (χ4n) is 3.95. The molecular formula is C14H25NO. The highest BCUT2D eigenvalue weighted by molar-refractivity contribution is 4.92. The second kappa shape index (κ2) is 5.05. The van der Waals surface area contributed by atoms with E-state index in [2.05, 4.69) is 5.32 Å². The van der Waals surface area contributed by atoms with Gasteiger partial charge in [0.2, 0.25) is 0 Å². The Kier molecular flexibility index (Phi) is 3.49. The Morgan fingerprint density at radius 2 is 1.69 bits per heavy atom. The Labute approximate surface area is 99.1 Å². The van der Waals surface area contributed by atoms with Crippen molar-refractivity contribution < 1.29 is 4.74 Å². The Balaban J connectivity index is 1.56. The molecule has 2 saturated carbocycles. The van der Waals surface area contributed by atoms with Gasteiger partial charge in [-0.1, -0.05) is 19.3 Å². The van der Waals surface area contributed by atoms with E-state index < -0.39 is 0 Å². The van der Waals surface area contributed by atoms with Crippen LogP contribution < -0.4 is 5.32 Å². The molecule has 2 aliphatic carbocycles. The molecule has 1 aliphatic heterocycles. The van der Waals surface area contributed by atoms with Gasteiger partial charge in [-0.3, -0.25) is 0 Å². The lowest BCUT2D eigenvalue weighted by molar-refractivity contribution is 0.0500. The fraction of sp³-hybridized carbons (Fsp3) is 1.00. The number of fused-ring (bicyclic) bond motifs is 1. The number of hydrogen-bond acceptors (Lipinski definition) is 2. The molecule has 1 saturated heterocycles. The quantitative estimate of drug-likeness (QED) is 0.777. The second-order valence-electron chi connectivity index (χ2n) is 5.90. The zero-order valence-corrected chi connectivity index (χ0v) is 10.3. The first-order valence-electron chi connectivity index (χ1n) is 7.31. The van der Waals surface area contributed by atoms with Crippen LogP contribution in [0.5, 0.6) is 0 Å². The fourth-order valence-corrected chi connectivity index (χ4v) is 3.95. The van der Waals surface area contributed by atoms with Gasteiger partial charge in [0, 0.05) is 24.6 Å². The van der Waals surface area contributed by atoms with Gasteiger partial charge in [-0.25, -0.2) is 0 Å². The standard InChI is InChI=1S/C14H25NO/c1-2-5-11(6-3-1)15-13-7-4-8-14-12(13)9-10-16-14/h11-15H,1-10H2/t12-,13-,14-/m1/s1. The molecule has 0 amide bonds. The molecule has 1 heterocycles. The van der Waals surface area contributed by atoms with Gasteiger partial charge < -0.3 is 10.1 Å². The first kappa shape index (κ1) is 11.0. The van der Waals surface area contributed by atoms with Crippen LogP contribution in [0.1, 0.15) is 57.8 Å². The smallest absolute Gasteiger partial charge is 0.0619 e. The summed E-state index contributed by atoms with van der Waals surface area (Å²) in [6.45, 7) is 1.01. The van der Waals surface area contributed by atoms with E-state index in [1.807, 2.05) is 0 Å². The van der Waals surface area contributed by atoms with Crippen LogP contribution in [0.2, 0.25) is 0 Å². The summed E-state index contributed by atoms with van der Waals surface area (Å²) in [6, 6.07) is 1.59. The zero-order chi connectivity index (χ0) is 10.8. The summed E-state index contributed by atoms with van der Waals surface area (Å²) in [5.74, 6) is 0.829. The highest BCUT2D eigenvalue weighted by atomic mass is 16.5. The third kappa shape index (κ3) is 2.28. The lowest BCUT2D eigenvalue weighted by Crippen LogP contribution is -2.48. The third-order valence-electron chi connectivity index (χ3n) is 4.84. The van der Waals surface area contributed by atoms with E-state index in [1.165, 1.54) is 57.8 Å². The number of ether oxygens (including phenoxy) is 1. The van der Waals surface area contributed by atoms with Gasteiger partial charge >= 0.3 is 0 Å². The summed E-state index contributed by atoms with van der Waals surface area (Å²) in [7, 11) is 0. The molecule has 0 radical (unpaired) electrons. The SMILES string of the molecule is C1CCC(N[C@@H]2CCC[C@H]3OCC[C@H]23)CC1. The maximum absolute atomic E-state index is 5.84. The van der Waals surface area contributed by atoms with Crippen molar-refractivity contribution in [2.24, 2.45) is 5.92 Å². The van der Waals surface area contributed by atoms with Gasteiger partial charge in [0.05, 0.1) is 6.10 Å². The monoisotopic (exact) mass is 223 g/mol. The third-order valence-corrected chi connectivity index (χ3v) is 4.84. The molecule has 92 valence electrons. The highest BCUT2D eigenvalue weighted by Gasteiger charge is 2.38. The van der Waals surface area contributed by atoms with E-state index in [4.69, 9.17) is 4.74 Å². The summed E-state index contributed by atoms with van der Waals surface area (Å²) < 4.78 is 5.84. The second-order valence-corrected chi connectivity index (χ2v) is 5.90. The van der Waals surface area contributed by atoms with Crippen LogP contribution in [0.25, 0.3) is 0 Å². The Morgan fingerprint density at radius 3 is 2.56 bits per heavy atom. The van der Waals surface area contributed by atoms with Crippen LogP contribution in [-0.4, -0.2) is 24.8 Å². The van der Waals surface area contributed by atoms with E-state index >= 15 is 0 Å². The summed E-state index contributed by atoms with van der Waals surface area (Å²) in [4.78, 5) is 0. The summed E-state index contributed by atoms with van der Waals surface area (Å²) >= 11 is 0. The van der Waals surface area contributed by atoms with Crippen LogP contribution >= 0.6 is 0 Å². The van der Waals surface area contributed by atoms with Crippen molar-refractivity contribution in [3.05, 3.63) is 0 Å². The maximum Gasteiger partial charge on any atom is 0.0619 e. The van der Waals surface area contributed by atoms with E-state index in [0.717, 1.165) is 24.6 Å². The van der Waals surface area contributed by atoms with Crippen molar-refractivity contribution >= 4 is 0 Å². The van der Waals surface area contributed by atoms with Gasteiger partial charge in [-0.2, -0.15) is 0 Å². The van der Waals surface area contributed by atoms with Crippen molar-refractivity contribution in [1.82, 2.24) is 5.32 Å². The van der Waals surface area contributed by atoms with Crippen molar-refractivity contribution in [2.45, 2.75) is 76.0 Å². The molecule has 3 atom stereocenters. The minimum Gasteiger partial charge on any atom is -0.378 e. The largest absolute Gasteiger partial charge is 0.378 e. The minimum atomic E-state index is 0.592. The van der Waals surface area contributed by atoms with Crippen molar-refractivity contribution in [3.8, 4) is 0 Å². The first-order valence-corrected chi connectivity index (χ1v) is 7.31. The molecule has 16 heavy (non-hydrogen) atoms. The molecule has 0 bridgehead atoms. The highest BCUT2D eigenvalue weighted by Crippen LogP contribution is 2.35. The summed E-state index contributed by atoms with van der Waals surface area (Å²) in [5, 5.41) is 3.95. The lowest BCUT2D eigenvalue weighted by atomic mass is 9.80. The molecule has 0 aromatic rings. The lowest BCUT2D eigenvalue weighted by Gasteiger charge is -2.37. The molecule has 3 fully saturated rings. The molecule has 2 nitrogen and oxygen atoms in total. The van der Waals surface area contributed by atoms with Gasteiger partial charge in [-0.15, -0.1) is 0 Å². The summed E-state index contributed by atoms with van der Waals surface area (Å²) in [5.41, 5.74) is 0. The molecule has 0 aromatic heterocycles. The van der Waals surface area contributed by atoms with E-state index in [1.54, 1.807) is 0 Å². The predicted molar refractivity (Wildman–Crippen MR) is 65.5 cm³/mol. The van der Waals surface area contributed by atoms with Crippen LogP contribution in [0, 0.1) is 5.92 Å². The molecule has 0 spiro atoms. The van der Waals surface area contributed by atoms with Crippen molar-refractivity contribution in [2.75, 3.05) is 6.61 Å². The van der Waals surface area contributed by atoms with Gasteiger partial charge in [0.1, 0.15) is 0 Å². The Bertz CT molecular complexity index is 225.